The normalized spacial score (nSPS) is 20.3. The first-order valence-electron chi connectivity index (χ1n) is 5.76. The molecule has 0 aliphatic carbocycles. The fraction of sp³-hybridized carbons (Fsp3) is 0.455. The van der Waals surface area contributed by atoms with Crippen LogP contribution in [0, 0.1) is 0 Å². The van der Waals surface area contributed by atoms with Crippen molar-refractivity contribution in [2.75, 3.05) is 30.8 Å². The van der Waals surface area contributed by atoms with Crippen molar-refractivity contribution < 1.29 is 18.3 Å². The molecule has 0 amide bonds. The van der Waals surface area contributed by atoms with Crippen LogP contribution in [0.1, 0.15) is 0 Å². The van der Waals surface area contributed by atoms with Gasteiger partial charge in [-0.05, 0) is 12.1 Å². The lowest BCUT2D eigenvalue weighted by Gasteiger charge is -2.35. The Morgan fingerprint density at radius 3 is 2.95 bits per heavy atom. The van der Waals surface area contributed by atoms with Gasteiger partial charge in [-0.1, -0.05) is 0 Å². The smallest absolute Gasteiger partial charge is 0.327 e. The van der Waals surface area contributed by atoms with Crippen molar-refractivity contribution in [1.29, 1.82) is 0 Å². The highest BCUT2D eigenvalue weighted by Crippen LogP contribution is 2.24. The molecule has 19 heavy (non-hydrogen) atoms. The van der Waals surface area contributed by atoms with Crippen LogP contribution in [0.5, 0.6) is 0 Å². The molecule has 0 radical (unpaired) electrons. The predicted octanol–water partition coefficient (Wildman–Crippen LogP) is -0.652. The number of carboxylic acid groups (broad SMARTS) is 1. The van der Waals surface area contributed by atoms with E-state index in [-0.39, 0.29) is 17.3 Å². The number of hydrogen-bond donors (Lipinski definition) is 2. The topological polar surface area (TPSA) is 99.6 Å². The first-order chi connectivity index (χ1) is 8.91. The molecule has 2 rings (SSSR count). The van der Waals surface area contributed by atoms with Gasteiger partial charge in [0.1, 0.15) is 16.8 Å². The molecule has 104 valence electrons. The molecule has 8 heteroatoms. The van der Waals surface area contributed by atoms with Gasteiger partial charge in [-0.15, -0.1) is 0 Å². The lowest BCUT2D eigenvalue weighted by molar-refractivity contribution is -0.138. The molecule has 0 spiro atoms. The van der Waals surface area contributed by atoms with E-state index in [4.69, 9.17) is 0 Å². The summed E-state index contributed by atoms with van der Waals surface area (Å²) in [5, 5.41) is 12.2. The minimum absolute atomic E-state index is 0.0585. The number of carbonyl (C=O) groups is 1. The van der Waals surface area contributed by atoms with Gasteiger partial charge in [0.05, 0.1) is 0 Å². The van der Waals surface area contributed by atoms with Crippen molar-refractivity contribution in [2.45, 2.75) is 10.9 Å². The second-order valence-corrected chi connectivity index (χ2v) is 6.33. The van der Waals surface area contributed by atoms with Crippen molar-refractivity contribution in [3.05, 3.63) is 18.3 Å². The SMILES string of the molecule is CS(=O)(=O)c1cccnc1N1CCNCC1C(=O)O. The van der Waals surface area contributed by atoms with Crippen LogP contribution in [0.3, 0.4) is 0 Å². The molecule has 1 aromatic heterocycles. The maximum Gasteiger partial charge on any atom is 0.327 e. The summed E-state index contributed by atoms with van der Waals surface area (Å²) in [6, 6.07) is 2.15. The first kappa shape index (κ1) is 13.8. The fourth-order valence-corrected chi connectivity index (χ4v) is 2.89. The Hall–Kier alpha value is -1.67. The van der Waals surface area contributed by atoms with Gasteiger partial charge in [-0.2, -0.15) is 0 Å². The third-order valence-electron chi connectivity index (χ3n) is 2.95. The number of aromatic nitrogens is 1. The third-order valence-corrected chi connectivity index (χ3v) is 4.07. The van der Waals surface area contributed by atoms with Gasteiger partial charge in [-0.25, -0.2) is 18.2 Å². The Morgan fingerprint density at radius 1 is 1.58 bits per heavy atom. The number of piperazine rings is 1. The Morgan fingerprint density at radius 2 is 2.32 bits per heavy atom. The second kappa shape index (κ2) is 5.14. The highest BCUT2D eigenvalue weighted by molar-refractivity contribution is 7.90. The molecule has 1 aliphatic heterocycles. The van der Waals surface area contributed by atoms with Gasteiger partial charge in [0.2, 0.25) is 0 Å². The molecule has 1 aromatic rings. The van der Waals surface area contributed by atoms with E-state index in [0.29, 0.717) is 13.1 Å². The zero-order valence-corrected chi connectivity index (χ0v) is 11.2. The van der Waals surface area contributed by atoms with Crippen LogP contribution in [0.15, 0.2) is 23.2 Å². The molecule has 1 unspecified atom stereocenters. The van der Waals surface area contributed by atoms with E-state index in [1.807, 2.05) is 0 Å². The van der Waals surface area contributed by atoms with Gasteiger partial charge < -0.3 is 15.3 Å². The summed E-state index contributed by atoms with van der Waals surface area (Å²) in [6.07, 6.45) is 2.55. The molecule has 0 bridgehead atoms. The van der Waals surface area contributed by atoms with Crippen LogP contribution in [0.25, 0.3) is 0 Å². The minimum Gasteiger partial charge on any atom is -0.480 e. The number of carboxylic acids is 1. The van der Waals surface area contributed by atoms with E-state index in [2.05, 4.69) is 10.3 Å². The van der Waals surface area contributed by atoms with Gasteiger partial charge in [0, 0.05) is 32.1 Å². The predicted molar refractivity (Wildman–Crippen MR) is 69.0 cm³/mol. The average molecular weight is 285 g/mol. The standard InChI is InChI=1S/C11H15N3O4S/c1-19(17,18)9-3-2-4-13-10(9)14-6-5-12-7-8(14)11(15)16/h2-4,8,12H,5-7H2,1H3,(H,15,16). The number of nitrogens with zero attached hydrogens (tertiary/aromatic N) is 2. The molecule has 0 saturated carbocycles. The van der Waals surface area contributed by atoms with Crippen LogP contribution < -0.4 is 10.2 Å². The summed E-state index contributed by atoms with van der Waals surface area (Å²) in [5.74, 6) is -0.795. The Balaban J connectivity index is 2.48. The van der Waals surface area contributed by atoms with E-state index in [9.17, 15) is 18.3 Å². The molecular weight excluding hydrogens is 270 g/mol. The zero-order valence-electron chi connectivity index (χ0n) is 10.4. The Labute approximate surface area is 111 Å². The highest BCUT2D eigenvalue weighted by atomic mass is 32.2. The molecule has 2 heterocycles. The quantitative estimate of drug-likeness (QED) is 0.761. The molecule has 1 atom stereocenters. The van der Waals surface area contributed by atoms with Crippen molar-refractivity contribution in [3.8, 4) is 0 Å². The number of rotatable bonds is 3. The summed E-state index contributed by atoms with van der Waals surface area (Å²) in [7, 11) is -3.45. The lowest BCUT2D eigenvalue weighted by atomic mass is 10.2. The number of aliphatic carboxylic acids is 1. The Bertz CT molecular complexity index is 587. The lowest BCUT2D eigenvalue weighted by Crippen LogP contribution is -2.55. The summed E-state index contributed by atoms with van der Waals surface area (Å²) in [6.45, 7) is 1.25. The molecule has 2 N–H and O–H groups in total. The number of pyridine rings is 1. The van der Waals surface area contributed by atoms with Crippen LogP contribution in [-0.4, -0.2) is 56.4 Å². The van der Waals surface area contributed by atoms with Crippen LogP contribution in [0.2, 0.25) is 0 Å². The second-order valence-electron chi connectivity index (χ2n) is 4.35. The van der Waals surface area contributed by atoms with Crippen molar-refractivity contribution >= 4 is 21.6 Å². The molecule has 1 fully saturated rings. The average Bonchev–Trinajstić information content (AvgIpc) is 2.37. The van der Waals surface area contributed by atoms with Crippen molar-refractivity contribution in [1.82, 2.24) is 10.3 Å². The Kier molecular flexibility index (Phi) is 3.72. The fourth-order valence-electron chi connectivity index (χ4n) is 2.07. The monoisotopic (exact) mass is 285 g/mol. The third kappa shape index (κ3) is 2.85. The van der Waals surface area contributed by atoms with Gasteiger partial charge in [-0.3, -0.25) is 0 Å². The van der Waals surface area contributed by atoms with Crippen molar-refractivity contribution in [2.24, 2.45) is 0 Å². The summed E-state index contributed by atoms with van der Waals surface area (Å²) < 4.78 is 23.5. The van der Waals surface area contributed by atoms with E-state index >= 15 is 0 Å². The zero-order chi connectivity index (χ0) is 14.0. The van der Waals surface area contributed by atoms with Crippen molar-refractivity contribution in [3.63, 3.8) is 0 Å². The van der Waals surface area contributed by atoms with Crippen LogP contribution in [0.4, 0.5) is 5.82 Å². The molecular formula is C11H15N3O4S. The number of nitrogens with one attached hydrogen (secondary N) is 1. The van der Waals surface area contributed by atoms with Gasteiger partial charge >= 0.3 is 5.97 Å². The molecule has 0 aromatic carbocycles. The molecule has 1 aliphatic rings. The largest absolute Gasteiger partial charge is 0.480 e. The van der Waals surface area contributed by atoms with E-state index in [0.717, 1.165) is 6.26 Å². The maximum atomic E-state index is 11.7. The molecule has 1 saturated heterocycles. The van der Waals surface area contributed by atoms with Crippen LogP contribution >= 0.6 is 0 Å². The van der Waals surface area contributed by atoms with E-state index in [1.54, 1.807) is 0 Å². The van der Waals surface area contributed by atoms with E-state index < -0.39 is 21.8 Å². The number of anilines is 1. The summed E-state index contributed by atoms with van der Waals surface area (Å²) in [4.78, 5) is 16.9. The maximum absolute atomic E-state index is 11.7. The molecule has 7 nitrogen and oxygen atoms in total. The number of hydrogen-bond acceptors (Lipinski definition) is 6. The summed E-state index contributed by atoms with van der Waals surface area (Å²) in [5.41, 5.74) is 0. The first-order valence-corrected chi connectivity index (χ1v) is 7.65. The van der Waals surface area contributed by atoms with Gasteiger partial charge in [0.25, 0.3) is 0 Å². The minimum atomic E-state index is -3.45. The van der Waals surface area contributed by atoms with E-state index in [1.165, 1.54) is 23.2 Å². The summed E-state index contributed by atoms with van der Waals surface area (Å²) >= 11 is 0. The van der Waals surface area contributed by atoms with Gasteiger partial charge in [0.15, 0.2) is 9.84 Å². The number of sulfone groups is 1. The highest BCUT2D eigenvalue weighted by Gasteiger charge is 2.32. The van der Waals surface area contributed by atoms with Crippen LogP contribution in [-0.2, 0) is 14.6 Å².